The minimum Gasteiger partial charge on any atom is -0.481 e. The number of aliphatic hydroxyl groups is 1. The van der Waals surface area contributed by atoms with Crippen molar-refractivity contribution in [3.05, 3.63) is 35.9 Å². The second-order valence-electron chi connectivity index (χ2n) is 5.42. The molecule has 0 fully saturated rings. The van der Waals surface area contributed by atoms with Gasteiger partial charge in [-0.25, -0.2) is 0 Å². The van der Waals surface area contributed by atoms with Crippen molar-refractivity contribution in [3.8, 4) is 0 Å². The van der Waals surface area contributed by atoms with Crippen molar-refractivity contribution in [2.75, 3.05) is 27.7 Å². The third kappa shape index (κ3) is 4.17. The number of carbonyl (C=O) groups is 1. The van der Waals surface area contributed by atoms with Gasteiger partial charge in [-0.05, 0) is 5.56 Å². The van der Waals surface area contributed by atoms with Crippen molar-refractivity contribution in [1.29, 1.82) is 0 Å². The van der Waals surface area contributed by atoms with Gasteiger partial charge in [0.25, 0.3) is 0 Å². The lowest BCUT2D eigenvalue weighted by atomic mass is 9.89. The van der Waals surface area contributed by atoms with Crippen LogP contribution in [0.15, 0.2) is 30.3 Å². The first-order chi connectivity index (χ1) is 7.73. The summed E-state index contributed by atoms with van der Waals surface area (Å²) in [5.41, 5.74) is -0.679. The van der Waals surface area contributed by atoms with Gasteiger partial charge in [-0.1, -0.05) is 30.3 Å². The summed E-state index contributed by atoms with van der Waals surface area (Å²) in [7, 11) is 5.78. The van der Waals surface area contributed by atoms with Crippen LogP contribution in [0.3, 0.4) is 0 Å². The van der Waals surface area contributed by atoms with Crippen molar-refractivity contribution in [1.82, 2.24) is 0 Å². The van der Waals surface area contributed by atoms with Crippen LogP contribution in [0, 0.1) is 0 Å². The summed E-state index contributed by atoms with van der Waals surface area (Å²) in [6.45, 7) is 0.351. The number of rotatable bonds is 5. The normalized spacial score (nSPS) is 15.3. The fourth-order valence-electron chi connectivity index (χ4n) is 2.03. The highest BCUT2D eigenvalue weighted by molar-refractivity contribution is 5.68. The van der Waals surface area contributed by atoms with Crippen LogP contribution < -0.4 is 0 Å². The minimum atomic E-state index is -1.33. The Kier molecular flexibility index (Phi) is 3.91. The van der Waals surface area contributed by atoms with E-state index in [2.05, 4.69) is 0 Å². The van der Waals surface area contributed by atoms with E-state index < -0.39 is 11.6 Å². The molecule has 0 aromatic heterocycles. The molecule has 0 saturated carbocycles. The molecule has 0 saturated heterocycles. The first-order valence-electron chi connectivity index (χ1n) is 5.53. The highest BCUT2D eigenvalue weighted by atomic mass is 16.4. The van der Waals surface area contributed by atoms with Crippen LogP contribution in [0.5, 0.6) is 0 Å². The number of hydrogen-bond acceptors (Lipinski definition) is 2. The van der Waals surface area contributed by atoms with Crippen LogP contribution in [-0.4, -0.2) is 48.4 Å². The Labute approximate surface area is 102 Å². The van der Waals surface area contributed by atoms with Crippen LogP contribution in [0.4, 0.5) is 0 Å². The molecule has 0 spiro atoms. The van der Waals surface area contributed by atoms with Crippen LogP contribution in [0.25, 0.3) is 0 Å². The van der Waals surface area contributed by atoms with Crippen molar-refractivity contribution in [3.63, 3.8) is 0 Å². The molecule has 1 unspecified atom stereocenters. The van der Waals surface area contributed by atoms with Crippen LogP contribution >= 0.6 is 0 Å². The fraction of sp³-hybridized carbons (Fsp3) is 0.462. The first-order valence-corrected chi connectivity index (χ1v) is 5.53. The Bertz CT molecular complexity index is 383. The number of quaternary nitrogens is 1. The lowest BCUT2D eigenvalue weighted by Gasteiger charge is -2.35. The van der Waals surface area contributed by atoms with E-state index in [0.29, 0.717) is 16.6 Å². The molecule has 0 radical (unpaired) electrons. The van der Waals surface area contributed by atoms with Crippen molar-refractivity contribution >= 4 is 5.97 Å². The molecule has 0 aliphatic rings. The van der Waals surface area contributed by atoms with E-state index in [1.807, 2.05) is 27.2 Å². The smallest absolute Gasteiger partial charge is 0.306 e. The number of nitrogens with zero attached hydrogens (tertiary/aromatic N) is 1. The molecule has 2 N–H and O–H groups in total. The zero-order valence-corrected chi connectivity index (χ0v) is 10.6. The van der Waals surface area contributed by atoms with Gasteiger partial charge in [0.2, 0.25) is 0 Å². The maximum absolute atomic E-state index is 10.9. The van der Waals surface area contributed by atoms with E-state index in [1.165, 1.54) is 0 Å². The predicted octanol–water partition coefficient (Wildman–Crippen LogP) is 1.06. The number of hydrogen-bond donors (Lipinski definition) is 2. The highest BCUT2D eigenvalue weighted by Crippen LogP contribution is 2.27. The molecule has 1 rings (SSSR count). The van der Waals surface area contributed by atoms with E-state index in [9.17, 15) is 9.90 Å². The molecule has 94 valence electrons. The first kappa shape index (κ1) is 13.7. The third-order valence-corrected chi connectivity index (χ3v) is 2.49. The van der Waals surface area contributed by atoms with Gasteiger partial charge < -0.3 is 14.7 Å². The van der Waals surface area contributed by atoms with E-state index in [1.54, 1.807) is 24.3 Å². The van der Waals surface area contributed by atoms with Gasteiger partial charge >= 0.3 is 5.97 Å². The topological polar surface area (TPSA) is 57.5 Å². The van der Waals surface area contributed by atoms with Gasteiger partial charge in [0.15, 0.2) is 0 Å². The molecule has 0 aliphatic carbocycles. The average Bonchev–Trinajstić information content (AvgIpc) is 2.14. The van der Waals surface area contributed by atoms with Gasteiger partial charge in [-0.15, -0.1) is 0 Å². The van der Waals surface area contributed by atoms with Crippen LogP contribution in [-0.2, 0) is 10.4 Å². The molecular formula is C13H20NO3+. The third-order valence-electron chi connectivity index (χ3n) is 2.49. The Morgan fingerprint density at radius 3 is 2.18 bits per heavy atom. The predicted molar refractivity (Wildman–Crippen MR) is 65.5 cm³/mol. The largest absolute Gasteiger partial charge is 0.481 e. The monoisotopic (exact) mass is 238 g/mol. The number of aliphatic carboxylic acids is 1. The second-order valence-corrected chi connectivity index (χ2v) is 5.42. The Hall–Kier alpha value is -1.39. The quantitative estimate of drug-likeness (QED) is 0.754. The lowest BCUT2D eigenvalue weighted by Crippen LogP contribution is -2.48. The maximum atomic E-state index is 10.9. The van der Waals surface area contributed by atoms with E-state index >= 15 is 0 Å². The molecule has 4 heteroatoms. The highest BCUT2D eigenvalue weighted by Gasteiger charge is 2.37. The van der Waals surface area contributed by atoms with Crippen LogP contribution in [0.2, 0.25) is 0 Å². The minimum absolute atomic E-state index is 0.285. The molecule has 1 aromatic carbocycles. The number of benzene rings is 1. The Morgan fingerprint density at radius 1 is 1.24 bits per heavy atom. The summed E-state index contributed by atoms with van der Waals surface area (Å²) in [6, 6.07) is 8.98. The molecule has 0 heterocycles. The summed E-state index contributed by atoms with van der Waals surface area (Å²) in [5, 5.41) is 19.5. The lowest BCUT2D eigenvalue weighted by molar-refractivity contribution is -0.878. The van der Waals surface area contributed by atoms with Gasteiger partial charge in [-0.3, -0.25) is 4.79 Å². The Balaban J connectivity index is 3.06. The zero-order valence-electron chi connectivity index (χ0n) is 10.6. The molecule has 0 bridgehead atoms. The van der Waals surface area contributed by atoms with Gasteiger partial charge in [0.05, 0.1) is 27.6 Å². The van der Waals surface area contributed by atoms with Gasteiger partial charge in [0, 0.05) is 0 Å². The summed E-state index contributed by atoms with van der Waals surface area (Å²) >= 11 is 0. The fourth-order valence-corrected chi connectivity index (χ4v) is 2.03. The average molecular weight is 238 g/mol. The van der Waals surface area contributed by atoms with Gasteiger partial charge in [0.1, 0.15) is 12.1 Å². The number of carboxylic acid groups (broad SMARTS) is 1. The van der Waals surface area contributed by atoms with E-state index in [-0.39, 0.29) is 6.42 Å². The van der Waals surface area contributed by atoms with E-state index in [0.717, 1.165) is 0 Å². The van der Waals surface area contributed by atoms with Crippen molar-refractivity contribution < 1.29 is 19.5 Å². The SMILES string of the molecule is C[N+](C)(C)CC(O)(CC(=O)O)c1ccccc1. The molecular weight excluding hydrogens is 218 g/mol. The molecule has 17 heavy (non-hydrogen) atoms. The molecule has 0 amide bonds. The number of carboxylic acids is 1. The molecule has 1 atom stereocenters. The summed E-state index contributed by atoms with van der Waals surface area (Å²) in [4.78, 5) is 10.9. The van der Waals surface area contributed by atoms with Gasteiger partial charge in [-0.2, -0.15) is 0 Å². The maximum Gasteiger partial charge on any atom is 0.306 e. The molecule has 4 nitrogen and oxygen atoms in total. The van der Waals surface area contributed by atoms with Crippen LogP contribution in [0.1, 0.15) is 12.0 Å². The molecule has 0 aliphatic heterocycles. The molecule has 1 aromatic rings. The van der Waals surface area contributed by atoms with E-state index in [4.69, 9.17) is 5.11 Å². The second kappa shape index (κ2) is 4.85. The summed E-state index contributed by atoms with van der Waals surface area (Å²) < 4.78 is 0.499. The number of likely N-dealkylation sites (N-methyl/N-ethyl adjacent to an activating group) is 1. The van der Waals surface area contributed by atoms with Crippen molar-refractivity contribution in [2.24, 2.45) is 0 Å². The summed E-state index contributed by atoms with van der Waals surface area (Å²) in [5.74, 6) is -0.996. The summed E-state index contributed by atoms with van der Waals surface area (Å²) in [6.07, 6.45) is -0.285. The zero-order chi connectivity index (χ0) is 13.1. The van der Waals surface area contributed by atoms with Crippen molar-refractivity contribution in [2.45, 2.75) is 12.0 Å². The Morgan fingerprint density at radius 2 is 1.76 bits per heavy atom. The standard InChI is InChI=1S/C13H19NO3/c1-14(2,3)10-13(17,9-12(15)16)11-7-5-4-6-8-11/h4-8,17H,9-10H2,1-3H3/p+1.